The third-order valence-corrected chi connectivity index (χ3v) is 5.41. The molecular formula is C21H27N3O2. The van der Waals surface area contributed by atoms with Crippen LogP contribution < -0.4 is 5.32 Å². The van der Waals surface area contributed by atoms with E-state index in [1.807, 2.05) is 12.1 Å². The van der Waals surface area contributed by atoms with Gasteiger partial charge in [0, 0.05) is 43.6 Å². The number of aromatic nitrogens is 1. The second kappa shape index (κ2) is 7.62. The van der Waals surface area contributed by atoms with E-state index >= 15 is 0 Å². The normalized spacial score (nSPS) is 18.8. The van der Waals surface area contributed by atoms with Gasteiger partial charge in [0.05, 0.1) is 6.20 Å². The Bertz CT molecular complexity index is 741. The van der Waals surface area contributed by atoms with E-state index in [0.29, 0.717) is 24.8 Å². The third kappa shape index (κ3) is 4.33. The number of piperidine rings is 1. The Morgan fingerprint density at radius 2 is 1.92 bits per heavy atom. The number of oxazole rings is 1. The maximum atomic E-state index is 12.2. The maximum absolute atomic E-state index is 12.2. The number of carbonyl (C=O) groups excluding carboxylic acids is 1. The minimum Gasteiger partial charge on any atom is -0.441 e. The summed E-state index contributed by atoms with van der Waals surface area (Å²) >= 11 is 0. The highest BCUT2D eigenvalue weighted by Gasteiger charge is 2.32. The van der Waals surface area contributed by atoms with Crippen LogP contribution in [0, 0.1) is 6.92 Å². The predicted molar refractivity (Wildman–Crippen MR) is 101 cm³/mol. The van der Waals surface area contributed by atoms with Crippen molar-refractivity contribution in [2.45, 2.75) is 57.5 Å². The van der Waals surface area contributed by atoms with Gasteiger partial charge in [-0.15, -0.1) is 0 Å². The quantitative estimate of drug-likeness (QED) is 0.865. The molecule has 4 rings (SSSR count). The average Bonchev–Trinajstić information content (AvgIpc) is 3.39. The first-order valence-electron chi connectivity index (χ1n) is 9.72. The lowest BCUT2D eigenvalue weighted by Crippen LogP contribution is -2.45. The van der Waals surface area contributed by atoms with E-state index in [4.69, 9.17) is 4.42 Å². The van der Waals surface area contributed by atoms with E-state index in [-0.39, 0.29) is 5.91 Å². The van der Waals surface area contributed by atoms with E-state index in [0.717, 1.165) is 43.3 Å². The second-order valence-corrected chi connectivity index (χ2v) is 7.59. The van der Waals surface area contributed by atoms with Crippen molar-refractivity contribution >= 4 is 5.91 Å². The fraction of sp³-hybridized carbons (Fsp3) is 0.524. The van der Waals surface area contributed by atoms with Gasteiger partial charge >= 0.3 is 0 Å². The van der Waals surface area contributed by atoms with Crippen molar-refractivity contribution in [2.75, 3.05) is 13.1 Å². The molecular weight excluding hydrogens is 326 g/mol. The van der Waals surface area contributed by atoms with Crippen molar-refractivity contribution in [3.8, 4) is 11.3 Å². The van der Waals surface area contributed by atoms with E-state index < -0.39 is 0 Å². The molecule has 0 spiro atoms. The molecule has 1 aliphatic carbocycles. The number of benzene rings is 1. The molecule has 2 aromatic rings. The molecule has 26 heavy (non-hydrogen) atoms. The number of likely N-dealkylation sites (tertiary alicyclic amines) is 1. The van der Waals surface area contributed by atoms with Gasteiger partial charge in [-0.2, -0.15) is 0 Å². The second-order valence-electron chi connectivity index (χ2n) is 7.59. The summed E-state index contributed by atoms with van der Waals surface area (Å²) in [6.45, 7) is 4.30. The Morgan fingerprint density at radius 3 is 2.62 bits per heavy atom. The van der Waals surface area contributed by atoms with Crippen LogP contribution in [0.2, 0.25) is 0 Å². The van der Waals surface area contributed by atoms with Crippen molar-refractivity contribution in [3.63, 3.8) is 0 Å². The first-order valence-corrected chi connectivity index (χ1v) is 9.72. The number of hydrogen-bond acceptors (Lipinski definition) is 4. The van der Waals surface area contributed by atoms with Gasteiger partial charge in [0.15, 0.2) is 11.7 Å². The number of aryl methyl sites for hydroxylation is 2. The molecule has 1 aromatic carbocycles. The Kier molecular flexibility index (Phi) is 5.07. The monoisotopic (exact) mass is 353 g/mol. The molecule has 138 valence electrons. The van der Waals surface area contributed by atoms with E-state index in [1.54, 1.807) is 6.20 Å². The van der Waals surface area contributed by atoms with E-state index in [9.17, 15) is 4.79 Å². The Morgan fingerprint density at radius 1 is 1.19 bits per heavy atom. The van der Waals surface area contributed by atoms with Gasteiger partial charge in [-0.3, -0.25) is 4.79 Å². The summed E-state index contributed by atoms with van der Waals surface area (Å²) in [5.74, 6) is 1.48. The van der Waals surface area contributed by atoms with Gasteiger partial charge in [-0.1, -0.05) is 29.8 Å². The molecule has 1 aliphatic heterocycles. The lowest BCUT2D eigenvalue weighted by molar-refractivity contribution is -0.122. The maximum Gasteiger partial charge on any atom is 0.220 e. The zero-order chi connectivity index (χ0) is 17.9. The molecule has 0 unspecified atom stereocenters. The molecule has 0 bridgehead atoms. The van der Waals surface area contributed by atoms with E-state index in [1.165, 1.54) is 18.4 Å². The molecule has 1 aromatic heterocycles. The average molecular weight is 353 g/mol. The minimum atomic E-state index is 0.102. The zero-order valence-electron chi connectivity index (χ0n) is 15.4. The predicted octanol–water partition coefficient (Wildman–Crippen LogP) is 3.33. The summed E-state index contributed by atoms with van der Waals surface area (Å²) in [4.78, 5) is 19.1. The van der Waals surface area contributed by atoms with Crippen molar-refractivity contribution in [1.29, 1.82) is 0 Å². The highest BCUT2D eigenvalue weighted by Crippen LogP contribution is 2.29. The lowest BCUT2D eigenvalue weighted by Gasteiger charge is -2.32. The van der Waals surface area contributed by atoms with Gasteiger partial charge in [0.2, 0.25) is 5.91 Å². The molecule has 0 radical (unpaired) electrons. The number of nitrogens with one attached hydrogen (secondary N) is 1. The third-order valence-electron chi connectivity index (χ3n) is 5.41. The van der Waals surface area contributed by atoms with Crippen LogP contribution in [0.15, 0.2) is 34.9 Å². The first kappa shape index (κ1) is 17.3. The molecule has 0 atom stereocenters. The van der Waals surface area contributed by atoms with Gasteiger partial charge in [0.1, 0.15) is 0 Å². The van der Waals surface area contributed by atoms with Crippen LogP contribution in [0.5, 0.6) is 0 Å². The number of carbonyl (C=O) groups is 1. The van der Waals surface area contributed by atoms with Crippen LogP contribution in [-0.4, -0.2) is 41.0 Å². The summed E-state index contributed by atoms with van der Waals surface area (Å²) in [6, 6.07) is 9.32. The largest absolute Gasteiger partial charge is 0.441 e. The molecule has 1 N–H and O–H groups in total. The van der Waals surface area contributed by atoms with Gasteiger partial charge in [-0.25, -0.2) is 4.98 Å². The smallest absolute Gasteiger partial charge is 0.220 e. The number of rotatable bonds is 6. The highest BCUT2D eigenvalue weighted by molar-refractivity contribution is 5.76. The van der Waals surface area contributed by atoms with Gasteiger partial charge in [0.25, 0.3) is 0 Å². The minimum absolute atomic E-state index is 0.102. The Balaban J connectivity index is 1.22. The summed E-state index contributed by atoms with van der Waals surface area (Å²) < 4.78 is 5.80. The van der Waals surface area contributed by atoms with Crippen LogP contribution in [0.3, 0.4) is 0 Å². The highest BCUT2D eigenvalue weighted by atomic mass is 16.4. The van der Waals surface area contributed by atoms with Crippen LogP contribution in [0.1, 0.15) is 43.6 Å². The summed E-state index contributed by atoms with van der Waals surface area (Å²) in [5.41, 5.74) is 2.23. The lowest BCUT2D eigenvalue weighted by atomic mass is 10.0. The van der Waals surface area contributed by atoms with Crippen molar-refractivity contribution < 1.29 is 9.21 Å². The van der Waals surface area contributed by atoms with E-state index in [2.05, 4.69) is 34.3 Å². The van der Waals surface area contributed by atoms with Crippen LogP contribution >= 0.6 is 0 Å². The molecule has 2 fully saturated rings. The Labute approximate surface area is 154 Å². The molecule has 2 aliphatic rings. The topological polar surface area (TPSA) is 58.4 Å². The molecule has 1 saturated carbocycles. The number of hydrogen-bond donors (Lipinski definition) is 1. The van der Waals surface area contributed by atoms with Crippen LogP contribution in [0.25, 0.3) is 11.3 Å². The van der Waals surface area contributed by atoms with Gasteiger partial charge in [-0.05, 0) is 32.6 Å². The summed E-state index contributed by atoms with van der Waals surface area (Å²) in [6.07, 6.45) is 7.56. The SMILES string of the molecule is Cc1ccc(-c2cnc(CCC(=O)NC3CCN(C4CC4)CC3)o2)cc1. The van der Waals surface area contributed by atoms with Gasteiger partial charge < -0.3 is 14.6 Å². The van der Waals surface area contributed by atoms with Crippen molar-refractivity contribution in [3.05, 3.63) is 41.9 Å². The molecule has 2 heterocycles. The van der Waals surface area contributed by atoms with Crippen LogP contribution in [0.4, 0.5) is 0 Å². The molecule has 1 amide bonds. The fourth-order valence-corrected chi connectivity index (χ4v) is 3.65. The number of amides is 1. The van der Waals surface area contributed by atoms with Crippen LogP contribution in [-0.2, 0) is 11.2 Å². The molecule has 5 nitrogen and oxygen atoms in total. The molecule has 5 heteroatoms. The fourth-order valence-electron chi connectivity index (χ4n) is 3.65. The zero-order valence-corrected chi connectivity index (χ0v) is 15.4. The first-order chi connectivity index (χ1) is 12.7. The number of nitrogens with zero attached hydrogens (tertiary/aromatic N) is 2. The standard InChI is InChI=1S/C21H27N3O2/c1-15-2-4-16(5-3-15)19-14-22-21(26-19)9-8-20(25)23-17-10-12-24(13-11-17)18-6-7-18/h2-5,14,17-18H,6-13H2,1H3,(H,23,25). The summed E-state index contributed by atoms with van der Waals surface area (Å²) in [5, 5.41) is 3.18. The van der Waals surface area contributed by atoms with Crippen molar-refractivity contribution in [2.24, 2.45) is 0 Å². The van der Waals surface area contributed by atoms with Crippen molar-refractivity contribution in [1.82, 2.24) is 15.2 Å². The Hall–Kier alpha value is -2.14. The summed E-state index contributed by atoms with van der Waals surface area (Å²) in [7, 11) is 0. The molecule has 1 saturated heterocycles.